The number of hydrogen-bond acceptors (Lipinski definition) is 4. The quantitative estimate of drug-likeness (QED) is 0.249. The molecule has 4 N–H and O–H groups in total. The molecule has 1 heterocycles. The second-order valence-electron chi connectivity index (χ2n) is 9.92. The lowest BCUT2D eigenvalue weighted by atomic mass is 9.93. The molecule has 0 saturated heterocycles. The fourth-order valence-corrected chi connectivity index (χ4v) is 5.01. The van der Waals surface area contributed by atoms with Gasteiger partial charge in [0.2, 0.25) is 5.91 Å². The van der Waals surface area contributed by atoms with Crippen LogP contribution in [0.1, 0.15) is 63.9 Å². The Morgan fingerprint density at radius 3 is 2.11 bits per heavy atom. The molecule has 0 aliphatic rings. The highest BCUT2D eigenvalue weighted by molar-refractivity contribution is 5.88. The van der Waals surface area contributed by atoms with Crippen molar-refractivity contribution >= 4 is 11.9 Å². The number of aliphatic carboxylic acids is 1. The Balaban J connectivity index is 2.08. The van der Waals surface area contributed by atoms with Gasteiger partial charge in [-0.25, -0.2) is 4.39 Å². The molecular formula is C30H37FN2O5. The van der Waals surface area contributed by atoms with Crippen LogP contribution in [0, 0.1) is 5.82 Å². The van der Waals surface area contributed by atoms with Gasteiger partial charge in [-0.3, -0.25) is 9.59 Å². The third kappa shape index (κ3) is 7.52. The lowest BCUT2D eigenvalue weighted by molar-refractivity contribution is -0.139. The van der Waals surface area contributed by atoms with Gasteiger partial charge in [-0.2, -0.15) is 0 Å². The predicted octanol–water partition coefficient (Wildman–Crippen LogP) is 5.09. The number of halogens is 1. The first-order valence-electron chi connectivity index (χ1n) is 13.0. The largest absolute Gasteiger partial charge is 0.481 e. The summed E-state index contributed by atoms with van der Waals surface area (Å²) in [4.78, 5) is 22.7. The molecule has 0 spiro atoms. The first kappa shape index (κ1) is 29.1. The van der Waals surface area contributed by atoms with E-state index in [-0.39, 0.29) is 24.2 Å². The van der Waals surface area contributed by atoms with Crippen LogP contribution < -0.4 is 5.32 Å². The highest BCUT2D eigenvalue weighted by atomic mass is 19.1. The predicted molar refractivity (Wildman–Crippen MR) is 145 cm³/mol. The minimum atomic E-state index is -1.11. The van der Waals surface area contributed by atoms with Crippen molar-refractivity contribution in [3.05, 3.63) is 71.8 Å². The number of carboxylic acids is 1. The van der Waals surface area contributed by atoms with E-state index < -0.39 is 24.6 Å². The topological polar surface area (TPSA) is 112 Å². The van der Waals surface area contributed by atoms with Crippen LogP contribution >= 0.6 is 0 Å². The molecule has 0 fully saturated rings. The van der Waals surface area contributed by atoms with Gasteiger partial charge >= 0.3 is 5.97 Å². The van der Waals surface area contributed by atoms with Crippen LogP contribution in [0.5, 0.6) is 0 Å². The maximum atomic E-state index is 13.9. The zero-order valence-corrected chi connectivity index (χ0v) is 22.2. The average molecular weight is 525 g/mol. The first-order chi connectivity index (χ1) is 18.1. The molecule has 204 valence electrons. The van der Waals surface area contributed by atoms with Crippen LogP contribution in [0.15, 0.2) is 54.6 Å². The average Bonchev–Trinajstić information content (AvgIpc) is 3.17. The smallest absolute Gasteiger partial charge is 0.305 e. The minimum Gasteiger partial charge on any atom is -0.481 e. The third-order valence-electron chi connectivity index (χ3n) is 6.53. The van der Waals surface area contributed by atoms with Gasteiger partial charge in [-0.15, -0.1) is 0 Å². The zero-order valence-electron chi connectivity index (χ0n) is 22.2. The Labute approximate surface area is 222 Å². The van der Waals surface area contributed by atoms with Crippen molar-refractivity contribution < 1.29 is 29.3 Å². The van der Waals surface area contributed by atoms with Crippen LogP contribution in [0.25, 0.3) is 22.3 Å². The highest BCUT2D eigenvalue weighted by Gasteiger charge is 2.26. The van der Waals surface area contributed by atoms with E-state index in [0.29, 0.717) is 25.8 Å². The molecule has 3 aromatic rings. The number of aromatic nitrogens is 1. The molecule has 1 amide bonds. The lowest BCUT2D eigenvalue weighted by Gasteiger charge is -2.19. The summed E-state index contributed by atoms with van der Waals surface area (Å²) < 4.78 is 16.1. The Hall–Kier alpha value is -3.49. The monoisotopic (exact) mass is 524 g/mol. The Bertz CT molecular complexity index is 1220. The number of hydrogen-bond donors (Lipinski definition) is 4. The fraction of sp³-hybridized carbons (Fsp3) is 0.400. The van der Waals surface area contributed by atoms with Gasteiger partial charge in [0.1, 0.15) is 5.82 Å². The molecule has 0 bridgehead atoms. The SMILES string of the molecule is CC(=O)NCc1c(-c2ccccc2)c(-c2ccc(F)cc2)c(CCC[C@@H](O)C[C@@H](O)CC(=O)O)n1C(C)C. The summed E-state index contributed by atoms with van der Waals surface area (Å²) >= 11 is 0. The second kappa shape index (κ2) is 13.3. The van der Waals surface area contributed by atoms with Crippen LogP contribution in [-0.4, -0.2) is 44.0 Å². The standard InChI is InChI=1S/C30H37FN2O5/c1-19(2)33-26(11-7-10-24(35)16-25(36)17-28(37)38)29(22-12-14-23(31)15-13-22)30(21-8-5-4-6-9-21)27(33)18-32-20(3)34/h4-6,8-9,12-15,19,24-25,35-36H,7,10-11,16-18H2,1-3H3,(H,32,34)(H,37,38)/t24-,25-/m1/s1. The first-order valence-corrected chi connectivity index (χ1v) is 13.0. The molecule has 1 aromatic heterocycles. The van der Waals surface area contributed by atoms with E-state index in [1.807, 2.05) is 30.3 Å². The van der Waals surface area contributed by atoms with E-state index in [1.54, 1.807) is 12.1 Å². The molecule has 2 atom stereocenters. The summed E-state index contributed by atoms with van der Waals surface area (Å²) in [6.07, 6.45) is -0.819. The maximum absolute atomic E-state index is 13.9. The van der Waals surface area contributed by atoms with Crippen molar-refractivity contribution in [2.45, 2.75) is 77.7 Å². The molecule has 0 aliphatic carbocycles. The molecule has 0 radical (unpaired) electrons. The van der Waals surface area contributed by atoms with Gasteiger partial charge in [-0.05, 0) is 62.8 Å². The van der Waals surface area contributed by atoms with Crippen LogP contribution in [-0.2, 0) is 22.6 Å². The van der Waals surface area contributed by atoms with E-state index in [1.165, 1.54) is 19.1 Å². The minimum absolute atomic E-state index is 0.00857. The van der Waals surface area contributed by atoms with Gasteiger partial charge in [0.25, 0.3) is 0 Å². The molecule has 3 rings (SSSR count). The van der Waals surface area contributed by atoms with Gasteiger partial charge in [-0.1, -0.05) is 42.5 Å². The summed E-state index contributed by atoms with van der Waals surface area (Å²) in [5.74, 6) is -1.58. The van der Waals surface area contributed by atoms with Crippen LogP contribution in [0.3, 0.4) is 0 Å². The normalized spacial score (nSPS) is 12.9. The Morgan fingerprint density at radius 1 is 0.921 bits per heavy atom. The molecular weight excluding hydrogens is 487 g/mol. The summed E-state index contributed by atoms with van der Waals surface area (Å²) in [6.45, 7) is 5.94. The number of benzene rings is 2. The number of carboxylic acid groups (broad SMARTS) is 1. The second-order valence-corrected chi connectivity index (χ2v) is 9.92. The summed E-state index contributed by atoms with van der Waals surface area (Å²) in [6, 6.07) is 16.3. The zero-order chi connectivity index (χ0) is 27.8. The van der Waals surface area contributed by atoms with Crippen LogP contribution in [0.4, 0.5) is 4.39 Å². The molecule has 2 aromatic carbocycles. The number of carbonyl (C=O) groups excluding carboxylic acids is 1. The molecule has 0 unspecified atom stereocenters. The number of rotatable bonds is 13. The fourth-order valence-electron chi connectivity index (χ4n) is 5.01. The van der Waals surface area contributed by atoms with E-state index in [9.17, 15) is 24.2 Å². The Kier molecular flexibility index (Phi) is 10.2. The number of amides is 1. The number of aliphatic hydroxyl groups is 2. The van der Waals surface area contributed by atoms with Gasteiger partial charge in [0.15, 0.2) is 0 Å². The van der Waals surface area contributed by atoms with E-state index >= 15 is 0 Å². The van der Waals surface area contributed by atoms with E-state index in [4.69, 9.17) is 5.11 Å². The number of nitrogens with zero attached hydrogens (tertiary/aromatic N) is 1. The van der Waals surface area contributed by atoms with E-state index in [0.717, 1.165) is 33.6 Å². The molecule has 0 saturated carbocycles. The van der Waals surface area contributed by atoms with Crippen molar-refractivity contribution in [1.82, 2.24) is 9.88 Å². The summed E-state index contributed by atoms with van der Waals surface area (Å²) in [5.41, 5.74) is 5.68. The lowest BCUT2D eigenvalue weighted by Crippen LogP contribution is -2.23. The molecule has 38 heavy (non-hydrogen) atoms. The number of nitrogens with one attached hydrogen (secondary N) is 1. The highest BCUT2D eigenvalue weighted by Crippen LogP contribution is 2.42. The number of aliphatic hydroxyl groups excluding tert-OH is 2. The van der Waals surface area contributed by atoms with Gasteiger partial charge in [0.05, 0.1) is 25.2 Å². The maximum Gasteiger partial charge on any atom is 0.305 e. The van der Waals surface area contributed by atoms with Crippen molar-refractivity contribution in [2.24, 2.45) is 0 Å². The third-order valence-corrected chi connectivity index (χ3v) is 6.53. The van der Waals surface area contributed by atoms with Crippen molar-refractivity contribution in [3.8, 4) is 22.3 Å². The Morgan fingerprint density at radius 2 is 1.53 bits per heavy atom. The summed E-state index contributed by atoms with van der Waals surface area (Å²) in [5, 5.41) is 32.1. The van der Waals surface area contributed by atoms with Crippen molar-refractivity contribution in [3.63, 3.8) is 0 Å². The van der Waals surface area contributed by atoms with Crippen LogP contribution in [0.2, 0.25) is 0 Å². The van der Waals surface area contributed by atoms with E-state index in [2.05, 4.69) is 23.7 Å². The molecule has 7 nitrogen and oxygen atoms in total. The molecule has 0 aliphatic heterocycles. The van der Waals surface area contributed by atoms with Gasteiger partial charge in [0, 0.05) is 35.5 Å². The molecule has 8 heteroatoms. The van der Waals surface area contributed by atoms with Crippen molar-refractivity contribution in [2.75, 3.05) is 0 Å². The van der Waals surface area contributed by atoms with Gasteiger partial charge < -0.3 is 25.2 Å². The van der Waals surface area contributed by atoms with Crippen molar-refractivity contribution in [1.29, 1.82) is 0 Å². The summed E-state index contributed by atoms with van der Waals surface area (Å²) in [7, 11) is 0. The number of carbonyl (C=O) groups is 2.